The van der Waals surface area contributed by atoms with Crippen molar-refractivity contribution in [3.8, 4) is 0 Å². The number of nitrogens with zero attached hydrogens (tertiary/aromatic N) is 3. The molecule has 1 aromatic heterocycles. The molecule has 0 aromatic carbocycles. The zero-order valence-electron chi connectivity index (χ0n) is 4.93. The average Bonchev–Trinajstić information content (AvgIpc) is 2.37. The van der Waals surface area contributed by atoms with E-state index >= 15 is 0 Å². The van der Waals surface area contributed by atoms with Crippen molar-refractivity contribution in [3.63, 3.8) is 0 Å². The van der Waals surface area contributed by atoms with Crippen molar-refractivity contribution in [2.24, 2.45) is 0 Å². The number of rotatable bonds is 2. The van der Waals surface area contributed by atoms with Gasteiger partial charge in [-0.1, -0.05) is 0 Å². The van der Waals surface area contributed by atoms with E-state index in [1.165, 1.54) is 12.7 Å². The second-order valence-corrected chi connectivity index (χ2v) is 2.60. The fourth-order valence-electron chi connectivity index (χ4n) is 0.456. The summed E-state index contributed by atoms with van der Waals surface area (Å²) >= 11 is 0. The lowest BCUT2D eigenvalue weighted by molar-refractivity contribution is 0.578. The fraction of sp³-hybridized carbons (Fsp3) is 0.500. The highest BCUT2D eigenvalue weighted by atomic mass is 31.1. The Balaban J connectivity index is 2.76. The molecule has 0 saturated carbocycles. The van der Waals surface area contributed by atoms with Gasteiger partial charge in [0.1, 0.15) is 18.4 Å². The SMILES string of the molecule is CC(P=O)n1cnnc1. The smallest absolute Gasteiger partial charge is 0.180 e. The fourth-order valence-corrected chi connectivity index (χ4v) is 0.684. The van der Waals surface area contributed by atoms with Crippen LogP contribution in [0.5, 0.6) is 0 Å². The minimum Gasteiger partial charge on any atom is -0.306 e. The Bertz CT molecular complexity index is 186. The summed E-state index contributed by atoms with van der Waals surface area (Å²) in [5.41, 5.74) is 0. The zero-order chi connectivity index (χ0) is 6.69. The first-order chi connectivity index (χ1) is 4.34. The van der Waals surface area contributed by atoms with Gasteiger partial charge in [-0.2, -0.15) is 0 Å². The molecule has 1 heterocycles. The molecule has 1 aromatic rings. The van der Waals surface area contributed by atoms with Gasteiger partial charge in [0.25, 0.3) is 0 Å². The molecule has 9 heavy (non-hydrogen) atoms. The van der Waals surface area contributed by atoms with E-state index in [-0.39, 0.29) is 14.2 Å². The second-order valence-electron chi connectivity index (χ2n) is 1.65. The van der Waals surface area contributed by atoms with Crippen molar-refractivity contribution in [1.82, 2.24) is 14.8 Å². The van der Waals surface area contributed by atoms with Crippen LogP contribution < -0.4 is 0 Å². The van der Waals surface area contributed by atoms with Crippen molar-refractivity contribution in [2.75, 3.05) is 0 Å². The molecular weight excluding hydrogens is 137 g/mol. The predicted octanol–water partition coefficient (Wildman–Crippen LogP) is 1.09. The first kappa shape index (κ1) is 6.36. The normalized spacial score (nSPS) is 13.9. The van der Waals surface area contributed by atoms with Crippen molar-refractivity contribution >= 4 is 8.46 Å². The van der Waals surface area contributed by atoms with Gasteiger partial charge in [-0.05, 0) is 6.92 Å². The maximum absolute atomic E-state index is 10.2. The minimum absolute atomic E-state index is 0.0556. The van der Waals surface area contributed by atoms with Crippen LogP contribution in [0.25, 0.3) is 0 Å². The van der Waals surface area contributed by atoms with Crippen LogP contribution in [-0.2, 0) is 4.57 Å². The molecule has 4 nitrogen and oxygen atoms in total. The Morgan fingerprint density at radius 1 is 1.56 bits per heavy atom. The van der Waals surface area contributed by atoms with Crippen molar-refractivity contribution < 1.29 is 4.57 Å². The van der Waals surface area contributed by atoms with Crippen molar-refractivity contribution in [1.29, 1.82) is 0 Å². The molecule has 48 valence electrons. The van der Waals surface area contributed by atoms with Crippen LogP contribution in [0.4, 0.5) is 0 Å². The highest BCUT2D eigenvalue weighted by Crippen LogP contribution is 2.16. The summed E-state index contributed by atoms with van der Waals surface area (Å²) in [6.07, 6.45) is 3.07. The first-order valence-electron chi connectivity index (χ1n) is 2.51. The van der Waals surface area contributed by atoms with E-state index in [1.54, 1.807) is 4.57 Å². The molecule has 0 fully saturated rings. The highest BCUT2D eigenvalue weighted by Gasteiger charge is 2.00. The molecule has 1 unspecified atom stereocenters. The van der Waals surface area contributed by atoms with Gasteiger partial charge in [0.15, 0.2) is 8.46 Å². The Labute approximate surface area is 54.1 Å². The summed E-state index contributed by atoms with van der Waals surface area (Å²) < 4.78 is 11.9. The van der Waals surface area contributed by atoms with E-state index in [2.05, 4.69) is 10.2 Å². The lowest BCUT2D eigenvalue weighted by Gasteiger charge is -1.98. The lowest BCUT2D eigenvalue weighted by Crippen LogP contribution is -1.92. The van der Waals surface area contributed by atoms with Gasteiger partial charge in [0.2, 0.25) is 0 Å². The molecule has 5 heteroatoms. The molecule has 0 amide bonds. The summed E-state index contributed by atoms with van der Waals surface area (Å²) in [5, 5.41) is 7.12. The van der Waals surface area contributed by atoms with Crippen LogP contribution in [0.15, 0.2) is 12.7 Å². The molecule has 0 radical (unpaired) electrons. The number of aromatic nitrogens is 3. The van der Waals surface area contributed by atoms with Crippen LogP contribution >= 0.6 is 8.46 Å². The molecule has 0 spiro atoms. The highest BCUT2D eigenvalue weighted by molar-refractivity contribution is 7.23. The monoisotopic (exact) mass is 143 g/mol. The molecule has 1 atom stereocenters. The summed E-state index contributed by atoms with van der Waals surface area (Å²) in [4.78, 5) is 0. The van der Waals surface area contributed by atoms with E-state index in [9.17, 15) is 4.57 Å². The van der Waals surface area contributed by atoms with E-state index in [0.29, 0.717) is 0 Å². The Kier molecular flexibility index (Phi) is 1.90. The predicted molar refractivity (Wildman–Crippen MR) is 32.3 cm³/mol. The lowest BCUT2D eigenvalue weighted by atomic mass is 10.7. The van der Waals surface area contributed by atoms with Gasteiger partial charge in [-0.3, -0.25) is 4.57 Å². The molecule has 0 saturated heterocycles. The van der Waals surface area contributed by atoms with E-state index in [1.807, 2.05) is 6.92 Å². The van der Waals surface area contributed by atoms with Crippen molar-refractivity contribution in [2.45, 2.75) is 12.7 Å². The average molecular weight is 143 g/mol. The Morgan fingerprint density at radius 3 is 2.56 bits per heavy atom. The molecule has 0 aliphatic carbocycles. The standard InChI is InChI=1S/C4H6N3OP/c1-4(9-8)7-2-5-6-3-7/h2-4H,1H3. The Morgan fingerprint density at radius 2 is 2.11 bits per heavy atom. The summed E-state index contributed by atoms with van der Waals surface area (Å²) in [7, 11) is 0.0872. The third kappa shape index (κ3) is 1.33. The number of hydrogen-bond acceptors (Lipinski definition) is 3. The Hall–Kier alpha value is -0.760. The van der Waals surface area contributed by atoms with Gasteiger partial charge >= 0.3 is 0 Å². The maximum atomic E-state index is 10.2. The minimum atomic E-state index is -0.0556. The summed E-state index contributed by atoms with van der Waals surface area (Å²) in [6, 6.07) is 0. The zero-order valence-corrected chi connectivity index (χ0v) is 5.82. The molecular formula is C4H6N3OP. The quantitative estimate of drug-likeness (QED) is 0.582. The van der Waals surface area contributed by atoms with Gasteiger partial charge in [-0.15, -0.1) is 10.2 Å². The van der Waals surface area contributed by atoms with E-state index in [0.717, 1.165) is 0 Å². The van der Waals surface area contributed by atoms with Crippen LogP contribution in [0, 0.1) is 0 Å². The van der Waals surface area contributed by atoms with Gasteiger partial charge < -0.3 is 4.57 Å². The third-order valence-corrected chi connectivity index (χ3v) is 1.59. The van der Waals surface area contributed by atoms with Crippen LogP contribution in [-0.4, -0.2) is 14.8 Å². The second kappa shape index (κ2) is 2.69. The largest absolute Gasteiger partial charge is 0.306 e. The summed E-state index contributed by atoms with van der Waals surface area (Å²) in [5.74, 6) is -0.0556. The number of hydrogen-bond donors (Lipinski definition) is 0. The van der Waals surface area contributed by atoms with Crippen LogP contribution in [0.1, 0.15) is 12.7 Å². The van der Waals surface area contributed by atoms with Crippen LogP contribution in [0.3, 0.4) is 0 Å². The molecule has 0 bridgehead atoms. The van der Waals surface area contributed by atoms with Gasteiger partial charge in [0.05, 0.1) is 0 Å². The van der Waals surface area contributed by atoms with Crippen LogP contribution in [0.2, 0.25) is 0 Å². The molecule has 0 aliphatic rings. The first-order valence-corrected chi connectivity index (χ1v) is 3.39. The third-order valence-electron chi connectivity index (χ3n) is 1.02. The molecule has 0 aliphatic heterocycles. The topological polar surface area (TPSA) is 47.8 Å². The van der Waals surface area contributed by atoms with Gasteiger partial charge in [0, 0.05) is 0 Å². The molecule has 0 N–H and O–H groups in total. The van der Waals surface area contributed by atoms with Crippen molar-refractivity contribution in [3.05, 3.63) is 12.7 Å². The van der Waals surface area contributed by atoms with E-state index in [4.69, 9.17) is 0 Å². The summed E-state index contributed by atoms with van der Waals surface area (Å²) in [6.45, 7) is 1.82. The molecule has 1 rings (SSSR count). The maximum Gasteiger partial charge on any atom is 0.180 e. The van der Waals surface area contributed by atoms with Gasteiger partial charge in [-0.25, -0.2) is 0 Å². The van der Waals surface area contributed by atoms with E-state index < -0.39 is 0 Å².